The third-order valence-corrected chi connectivity index (χ3v) is 6.07. The number of nitrogens with zero attached hydrogens (tertiary/aromatic N) is 3. The standard InChI is InChI=1S/C18H28N4O2S/c1-14-13-25-16(20-14)5-4-8-19-17(23)15-6-11-22(12-7-15)18(24)21-9-2-3-10-21/h13,15H,2-12H2,1H3,(H,19,23). The molecule has 2 saturated heterocycles. The number of amides is 3. The molecule has 25 heavy (non-hydrogen) atoms. The second-order valence-electron chi connectivity index (χ2n) is 7.02. The van der Waals surface area contributed by atoms with E-state index in [-0.39, 0.29) is 17.9 Å². The Morgan fingerprint density at radius 3 is 2.52 bits per heavy atom. The Morgan fingerprint density at radius 1 is 1.20 bits per heavy atom. The molecule has 2 fully saturated rings. The molecule has 0 spiro atoms. The molecular weight excluding hydrogens is 336 g/mol. The summed E-state index contributed by atoms with van der Waals surface area (Å²) in [6.07, 6.45) is 5.62. The number of carbonyl (C=O) groups excluding carboxylic acids is 2. The molecule has 3 amide bonds. The van der Waals surface area contributed by atoms with Crippen LogP contribution in [-0.4, -0.2) is 59.4 Å². The number of likely N-dealkylation sites (tertiary alicyclic amines) is 2. The number of aromatic nitrogens is 1. The van der Waals surface area contributed by atoms with Gasteiger partial charge in [0.2, 0.25) is 5.91 Å². The maximum absolute atomic E-state index is 12.4. The molecule has 0 atom stereocenters. The number of carbonyl (C=O) groups is 2. The smallest absolute Gasteiger partial charge is 0.319 e. The first kappa shape index (κ1) is 18.2. The minimum atomic E-state index is 0.0461. The van der Waals surface area contributed by atoms with Crippen LogP contribution in [0.25, 0.3) is 0 Å². The minimum Gasteiger partial charge on any atom is -0.356 e. The number of nitrogens with one attached hydrogen (secondary N) is 1. The molecule has 138 valence electrons. The van der Waals surface area contributed by atoms with E-state index >= 15 is 0 Å². The van der Waals surface area contributed by atoms with Gasteiger partial charge < -0.3 is 15.1 Å². The predicted molar refractivity (Wildman–Crippen MR) is 98.7 cm³/mol. The van der Waals surface area contributed by atoms with Gasteiger partial charge in [-0.05, 0) is 39.0 Å². The van der Waals surface area contributed by atoms with E-state index in [9.17, 15) is 9.59 Å². The summed E-state index contributed by atoms with van der Waals surface area (Å²) >= 11 is 1.68. The van der Waals surface area contributed by atoms with Crippen LogP contribution in [0, 0.1) is 12.8 Å². The Balaban J connectivity index is 1.33. The van der Waals surface area contributed by atoms with Gasteiger partial charge in [-0.25, -0.2) is 9.78 Å². The van der Waals surface area contributed by atoms with E-state index < -0.39 is 0 Å². The van der Waals surface area contributed by atoms with Gasteiger partial charge >= 0.3 is 6.03 Å². The highest BCUT2D eigenvalue weighted by Crippen LogP contribution is 2.20. The number of thiazole rings is 1. The van der Waals surface area contributed by atoms with Crippen molar-refractivity contribution in [2.75, 3.05) is 32.7 Å². The van der Waals surface area contributed by atoms with Crippen molar-refractivity contribution in [2.45, 2.75) is 45.4 Å². The first-order chi connectivity index (χ1) is 12.1. The van der Waals surface area contributed by atoms with Crippen LogP contribution in [0.2, 0.25) is 0 Å². The molecule has 2 aliphatic heterocycles. The van der Waals surface area contributed by atoms with Crippen LogP contribution < -0.4 is 5.32 Å². The highest BCUT2D eigenvalue weighted by molar-refractivity contribution is 7.09. The van der Waals surface area contributed by atoms with Crippen LogP contribution in [0.3, 0.4) is 0 Å². The van der Waals surface area contributed by atoms with Gasteiger partial charge in [0.05, 0.1) is 5.01 Å². The lowest BCUT2D eigenvalue weighted by molar-refractivity contribution is -0.126. The normalized spacial score (nSPS) is 18.6. The SMILES string of the molecule is Cc1csc(CCCNC(=O)C2CCN(C(=O)N3CCCC3)CC2)n1. The number of hydrogen-bond donors (Lipinski definition) is 1. The highest BCUT2D eigenvalue weighted by Gasteiger charge is 2.30. The van der Waals surface area contributed by atoms with E-state index in [1.807, 2.05) is 16.7 Å². The fraction of sp³-hybridized carbons (Fsp3) is 0.722. The van der Waals surface area contributed by atoms with Crippen molar-refractivity contribution in [3.8, 4) is 0 Å². The summed E-state index contributed by atoms with van der Waals surface area (Å²) in [7, 11) is 0. The van der Waals surface area contributed by atoms with Crippen LogP contribution in [0.5, 0.6) is 0 Å². The predicted octanol–water partition coefficient (Wildman–Crippen LogP) is 2.43. The van der Waals surface area contributed by atoms with Crippen LogP contribution in [0.15, 0.2) is 5.38 Å². The molecule has 3 heterocycles. The summed E-state index contributed by atoms with van der Waals surface area (Å²) < 4.78 is 0. The summed E-state index contributed by atoms with van der Waals surface area (Å²) in [5.41, 5.74) is 1.07. The van der Waals surface area contributed by atoms with Gasteiger partial charge in [-0.3, -0.25) is 4.79 Å². The molecule has 0 unspecified atom stereocenters. The lowest BCUT2D eigenvalue weighted by Crippen LogP contribution is -2.47. The second-order valence-corrected chi connectivity index (χ2v) is 7.96. The van der Waals surface area contributed by atoms with Gasteiger partial charge in [0.1, 0.15) is 0 Å². The Kier molecular flexibility index (Phi) is 6.29. The van der Waals surface area contributed by atoms with Gasteiger partial charge in [-0.1, -0.05) is 0 Å². The van der Waals surface area contributed by atoms with Crippen molar-refractivity contribution in [3.63, 3.8) is 0 Å². The molecule has 7 heteroatoms. The number of piperidine rings is 1. The molecule has 1 aromatic rings. The summed E-state index contributed by atoms with van der Waals surface area (Å²) in [5.74, 6) is 0.188. The fourth-order valence-electron chi connectivity index (χ4n) is 3.55. The molecule has 0 aromatic carbocycles. The van der Waals surface area contributed by atoms with Crippen molar-refractivity contribution < 1.29 is 9.59 Å². The van der Waals surface area contributed by atoms with Gasteiger partial charge in [0.25, 0.3) is 0 Å². The van der Waals surface area contributed by atoms with Crippen LogP contribution >= 0.6 is 11.3 Å². The number of urea groups is 1. The first-order valence-electron chi connectivity index (χ1n) is 9.36. The minimum absolute atomic E-state index is 0.0461. The molecule has 1 aromatic heterocycles. The average molecular weight is 365 g/mol. The van der Waals surface area contributed by atoms with E-state index in [2.05, 4.69) is 15.7 Å². The number of aryl methyl sites for hydroxylation is 2. The number of rotatable bonds is 5. The quantitative estimate of drug-likeness (QED) is 0.816. The molecule has 0 aliphatic carbocycles. The van der Waals surface area contributed by atoms with E-state index in [1.165, 1.54) is 0 Å². The maximum atomic E-state index is 12.4. The van der Waals surface area contributed by atoms with Crippen molar-refractivity contribution in [1.82, 2.24) is 20.1 Å². The van der Waals surface area contributed by atoms with Crippen molar-refractivity contribution in [1.29, 1.82) is 0 Å². The summed E-state index contributed by atoms with van der Waals surface area (Å²) in [6, 6.07) is 0.162. The lowest BCUT2D eigenvalue weighted by atomic mass is 9.96. The Morgan fingerprint density at radius 2 is 1.88 bits per heavy atom. The molecule has 0 bridgehead atoms. The summed E-state index contributed by atoms with van der Waals surface area (Å²) in [6.45, 7) is 5.88. The van der Waals surface area contributed by atoms with Crippen LogP contribution in [-0.2, 0) is 11.2 Å². The van der Waals surface area contributed by atoms with Crippen molar-refractivity contribution in [2.24, 2.45) is 5.92 Å². The zero-order chi connectivity index (χ0) is 17.6. The van der Waals surface area contributed by atoms with E-state index in [1.54, 1.807) is 11.3 Å². The molecular formula is C18H28N4O2S. The zero-order valence-corrected chi connectivity index (χ0v) is 15.8. The van der Waals surface area contributed by atoms with Crippen LogP contribution in [0.4, 0.5) is 4.79 Å². The Hall–Kier alpha value is -1.63. The Bertz CT molecular complexity index is 590. The largest absolute Gasteiger partial charge is 0.356 e. The second kappa shape index (κ2) is 8.65. The monoisotopic (exact) mass is 364 g/mol. The molecule has 2 aliphatic rings. The van der Waals surface area contributed by atoms with Crippen molar-refractivity contribution in [3.05, 3.63) is 16.1 Å². The summed E-state index contributed by atoms with van der Waals surface area (Å²) in [5, 5.41) is 6.25. The van der Waals surface area contributed by atoms with E-state index in [0.29, 0.717) is 19.6 Å². The van der Waals surface area contributed by atoms with Gasteiger partial charge in [-0.15, -0.1) is 11.3 Å². The highest BCUT2D eigenvalue weighted by atomic mass is 32.1. The topological polar surface area (TPSA) is 65.5 Å². The third-order valence-electron chi connectivity index (χ3n) is 5.05. The maximum Gasteiger partial charge on any atom is 0.319 e. The van der Waals surface area contributed by atoms with Crippen molar-refractivity contribution >= 4 is 23.3 Å². The van der Waals surface area contributed by atoms with E-state index in [0.717, 1.165) is 62.3 Å². The molecule has 3 rings (SSSR count). The third kappa shape index (κ3) is 4.93. The van der Waals surface area contributed by atoms with E-state index in [4.69, 9.17) is 0 Å². The Labute approximate surface area is 153 Å². The zero-order valence-electron chi connectivity index (χ0n) is 15.0. The molecule has 0 saturated carbocycles. The number of hydrogen-bond acceptors (Lipinski definition) is 4. The van der Waals surface area contributed by atoms with Gasteiger partial charge in [0, 0.05) is 56.1 Å². The van der Waals surface area contributed by atoms with Crippen LogP contribution in [0.1, 0.15) is 42.8 Å². The molecule has 1 N–H and O–H groups in total. The lowest BCUT2D eigenvalue weighted by Gasteiger charge is -2.34. The average Bonchev–Trinajstić information content (AvgIpc) is 3.30. The van der Waals surface area contributed by atoms with Gasteiger partial charge in [-0.2, -0.15) is 0 Å². The molecule has 6 nitrogen and oxygen atoms in total. The summed E-state index contributed by atoms with van der Waals surface area (Å²) in [4.78, 5) is 33.0. The molecule has 0 radical (unpaired) electrons. The fourth-order valence-corrected chi connectivity index (χ4v) is 4.37. The van der Waals surface area contributed by atoms with Gasteiger partial charge in [0.15, 0.2) is 0 Å². The first-order valence-corrected chi connectivity index (χ1v) is 10.2.